The zero-order chi connectivity index (χ0) is 21.2. The SMILES string of the molecule is CC(C)(C)c1csc(C2CCN(C(=O)c3cccnc3OCC(F)(F)F)CC2)n1. The first kappa shape index (κ1) is 21.5. The molecule has 0 spiro atoms. The van der Waals surface area contributed by atoms with Gasteiger partial charge in [-0.2, -0.15) is 13.2 Å². The van der Waals surface area contributed by atoms with Gasteiger partial charge in [-0.05, 0) is 25.0 Å². The van der Waals surface area contributed by atoms with Gasteiger partial charge in [-0.15, -0.1) is 11.3 Å². The number of piperidine rings is 1. The summed E-state index contributed by atoms with van der Waals surface area (Å²) < 4.78 is 42.1. The van der Waals surface area contributed by atoms with Gasteiger partial charge in [0, 0.05) is 36.0 Å². The Morgan fingerprint density at radius 1 is 1.28 bits per heavy atom. The molecule has 9 heteroatoms. The molecule has 0 N–H and O–H groups in total. The van der Waals surface area contributed by atoms with Gasteiger partial charge in [0.1, 0.15) is 5.56 Å². The molecule has 3 rings (SSSR count). The monoisotopic (exact) mass is 427 g/mol. The molecule has 0 atom stereocenters. The first-order valence-electron chi connectivity index (χ1n) is 9.44. The molecule has 0 aromatic carbocycles. The molecule has 0 aliphatic carbocycles. The number of rotatable bonds is 4. The average molecular weight is 427 g/mol. The lowest BCUT2D eigenvalue weighted by molar-refractivity contribution is -0.154. The number of amides is 1. The van der Waals surface area contributed by atoms with E-state index in [0.29, 0.717) is 13.1 Å². The molecule has 0 radical (unpaired) electrons. The minimum Gasteiger partial charge on any atom is -0.467 e. The second-order valence-electron chi connectivity index (χ2n) is 8.15. The maximum Gasteiger partial charge on any atom is 0.422 e. The summed E-state index contributed by atoms with van der Waals surface area (Å²) in [7, 11) is 0. The van der Waals surface area contributed by atoms with E-state index in [1.165, 1.54) is 18.3 Å². The van der Waals surface area contributed by atoms with Crippen molar-refractivity contribution in [3.05, 3.63) is 40.0 Å². The van der Waals surface area contributed by atoms with Gasteiger partial charge in [0.05, 0.1) is 10.7 Å². The molecule has 1 amide bonds. The first-order valence-corrected chi connectivity index (χ1v) is 10.3. The third-order valence-electron chi connectivity index (χ3n) is 4.80. The Bertz CT molecular complexity index is 853. The fourth-order valence-corrected chi connectivity index (χ4v) is 4.36. The summed E-state index contributed by atoms with van der Waals surface area (Å²) in [5, 5.41) is 3.17. The largest absolute Gasteiger partial charge is 0.467 e. The van der Waals surface area contributed by atoms with Gasteiger partial charge in [0.15, 0.2) is 6.61 Å². The van der Waals surface area contributed by atoms with E-state index >= 15 is 0 Å². The molecule has 158 valence electrons. The Labute approximate surface area is 171 Å². The summed E-state index contributed by atoms with van der Waals surface area (Å²) in [5.41, 5.74) is 1.12. The fourth-order valence-electron chi connectivity index (χ4n) is 3.14. The average Bonchev–Trinajstić information content (AvgIpc) is 3.16. The van der Waals surface area contributed by atoms with Crippen LogP contribution in [0.3, 0.4) is 0 Å². The lowest BCUT2D eigenvalue weighted by Crippen LogP contribution is -2.38. The number of halogens is 3. The van der Waals surface area contributed by atoms with E-state index < -0.39 is 12.8 Å². The first-order chi connectivity index (χ1) is 13.5. The molecule has 0 bridgehead atoms. The molecule has 29 heavy (non-hydrogen) atoms. The second-order valence-corrected chi connectivity index (χ2v) is 9.04. The van der Waals surface area contributed by atoms with Gasteiger partial charge in [-0.25, -0.2) is 9.97 Å². The summed E-state index contributed by atoms with van der Waals surface area (Å²) in [6, 6.07) is 2.97. The van der Waals surface area contributed by atoms with Crippen molar-refractivity contribution in [2.45, 2.75) is 51.1 Å². The van der Waals surface area contributed by atoms with Crippen molar-refractivity contribution in [2.24, 2.45) is 0 Å². The molecule has 0 unspecified atom stereocenters. The van der Waals surface area contributed by atoms with Crippen LogP contribution in [-0.4, -0.2) is 46.6 Å². The molecule has 0 saturated carbocycles. The number of hydrogen-bond donors (Lipinski definition) is 0. The fraction of sp³-hybridized carbons (Fsp3) is 0.550. The Morgan fingerprint density at radius 3 is 2.55 bits per heavy atom. The number of ether oxygens (including phenoxy) is 1. The Balaban J connectivity index is 1.64. The number of aromatic nitrogens is 2. The Kier molecular flexibility index (Phi) is 6.16. The summed E-state index contributed by atoms with van der Waals surface area (Å²) in [4.78, 5) is 23.1. The lowest BCUT2D eigenvalue weighted by Gasteiger charge is -2.31. The van der Waals surface area contributed by atoms with Crippen molar-refractivity contribution in [1.82, 2.24) is 14.9 Å². The maximum atomic E-state index is 12.8. The summed E-state index contributed by atoms with van der Waals surface area (Å²) in [6.07, 6.45) is -1.65. The zero-order valence-electron chi connectivity index (χ0n) is 16.6. The molecule has 1 saturated heterocycles. The molecule has 5 nitrogen and oxygen atoms in total. The van der Waals surface area contributed by atoms with Crippen LogP contribution in [0, 0.1) is 0 Å². The third kappa shape index (κ3) is 5.46. The quantitative estimate of drug-likeness (QED) is 0.704. The highest BCUT2D eigenvalue weighted by Crippen LogP contribution is 2.34. The molecule has 3 heterocycles. The van der Waals surface area contributed by atoms with Crippen molar-refractivity contribution in [3.8, 4) is 5.88 Å². The van der Waals surface area contributed by atoms with Gasteiger partial charge < -0.3 is 9.64 Å². The van der Waals surface area contributed by atoms with Gasteiger partial charge in [-0.1, -0.05) is 20.8 Å². The van der Waals surface area contributed by atoms with Gasteiger partial charge in [0.2, 0.25) is 5.88 Å². The maximum absolute atomic E-state index is 12.8. The highest BCUT2D eigenvalue weighted by atomic mass is 32.1. The van der Waals surface area contributed by atoms with Crippen LogP contribution >= 0.6 is 11.3 Å². The van der Waals surface area contributed by atoms with E-state index in [2.05, 4.69) is 31.1 Å². The van der Waals surface area contributed by atoms with Crippen molar-refractivity contribution >= 4 is 17.2 Å². The number of pyridine rings is 1. The van der Waals surface area contributed by atoms with E-state index in [0.717, 1.165) is 23.5 Å². The molecule has 1 aliphatic heterocycles. The van der Waals surface area contributed by atoms with Crippen LogP contribution in [0.25, 0.3) is 0 Å². The van der Waals surface area contributed by atoms with Crippen molar-refractivity contribution in [1.29, 1.82) is 0 Å². The Hall–Kier alpha value is -2.16. The van der Waals surface area contributed by atoms with Gasteiger partial charge >= 0.3 is 6.18 Å². The Morgan fingerprint density at radius 2 is 1.97 bits per heavy atom. The van der Waals surface area contributed by atoms with E-state index in [-0.39, 0.29) is 28.7 Å². The van der Waals surface area contributed by atoms with Crippen LogP contribution in [0.1, 0.15) is 60.6 Å². The van der Waals surface area contributed by atoms with Gasteiger partial charge in [-0.3, -0.25) is 4.79 Å². The van der Waals surface area contributed by atoms with E-state index in [1.54, 1.807) is 16.2 Å². The highest BCUT2D eigenvalue weighted by Gasteiger charge is 2.32. The van der Waals surface area contributed by atoms with Crippen LogP contribution in [0.4, 0.5) is 13.2 Å². The normalized spacial score (nSPS) is 16.1. The summed E-state index contributed by atoms with van der Waals surface area (Å²) in [5.74, 6) is -0.357. The number of carbonyl (C=O) groups is 1. The highest BCUT2D eigenvalue weighted by molar-refractivity contribution is 7.09. The topological polar surface area (TPSA) is 55.3 Å². The van der Waals surface area contributed by atoms with E-state index in [1.807, 2.05) is 0 Å². The second kappa shape index (κ2) is 8.30. The minimum atomic E-state index is -4.49. The molecule has 1 aliphatic rings. The minimum absolute atomic E-state index is 0.00145. The number of hydrogen-bond acceptors (Lipinski definition) is 5. The van der Waals surface area contributed by atoms with E-state index in [9.17, 15) is 18.0 Å². The molecule has 2 aromatic rings. The standard InChI is InChI=1S/C20H24F3N3O2S/c1-19(2,3)15-11-29-17(25-15)13-6-9-26(10-7-13)18(27)14-5-4-8-24-16(14)28-12-20(21,22)23/h4-5,8,11,13H,6-7,9-10,12H2,1-3H3. The number of alkyl halides is 3. The smallest absolute Gasteiger partial charge is 0.422 e. The van der Waals surface area contributed by atoms with E-state index in [4.69, 9.17) is 9.72 Å². The lowest BCUT2D eigenvalue weighted by atomic mass is 9.93. The molecule has 1 fully saturated rings. The van der Waals surface area contributed by atoms with Crippen molar-refractivity contribution < 1.29 is 22.7 Å². The molecular formula is C20H24F3N3O2S. The molecular weight excluding hydrogens is 403 g/mol. The number of likely N-dealkylation sites (tertiary alicyclic amines) is 1. The van der Waals surface area contributed by atoms with Crippen LogP contribution in [0.15, 0.2) is 23.7 Å². The van der Waals surface area contributed by atoms with Gasteiger partial charge in [0.25, 0.3) is 5.91 Å². The molecule has 2 aromatic heterocycles. The predicted molar refractivity (Wildman–Crippen MR) is 104 cm³/mol. The third-order valence-corrected chi connectivity index (χ3v) is 5.80. The van der Waals surface area contributed by atoms with Crippen LogP contribution in [0.5, 0.6) is 5.88 Å². The van der Waals surface area contributed by atoms with Crippen molar-refractivity contribution in [3.63, 3.8) is 0 Å². The van der Waals surface area contributed by atoms with Crippen LogP contribution in [0.2, 0.25) is 0 Å². The predicted octanol–water partition coefficient (Wildman–Crippen LogP) is 4.80. The number of carbonyl (C=O) groups excluding carboxylic acids is 1. The van der Waals surface area contributed by atoms with Crippen molar-refractivity contribution in [2.75, 3.05) is 19.7 Å². The number of nitrogens with zero attached hydrogens (tertiary/aromatic N) is 3. The van der Waals surface area contributed by atoms with Crippen LogP contribution in [-0.2, 0) is 5.41 Å². The summed E-state index contributed by atoms with van der Waals surface area (Å²) >= 11 is 1.65. The van der Waals surface area contributed by atoms with Crippen LogP contribution < -0.4 is 4.74 Å². The number of thiazole rings is 1. The summed E-state index contributed by atoms with van der Waals surface area (Å²) in [6.45, 7) is 5.92. The zero-order valence-corrected chi connectivity index (χ0v) is 17.4.